The van der Waals surface area contributed by atoms with Crippen molar-refractivity contribution in [1.82, 2.24) is 14.9 Å². The molecule has 2 fully saturated rings. The third kappa shape index (κ3) is 3.74. The van der Waals surface area contributed by atoms with E-state index in [0.717, 1.165) is 23.9 Å². The third-order valence-corrected chi connectivity index (χ3v) is 5.97. The summed E-state index contributed by atoms with van der Waals surface area (Å²) >= 11 is 2.10. The minimum absolute atomic E-state index is 0.339. The molecule has 0 atom stereocenters. The van der Waals surface area contributed by atoms with E-state index in [2.05, 4.69) is 38.0 Å². The molecule has 1 aliphatic heterocycles. The molecular weight excluding hydrogens is 292 g/mol. The number of anilines is 1. The van der Waals surface area contributed by atoms with Crippen molar-refractivity contribution in [1.29, 1.82) is 0 Å². The molecule has 0 bridgehead atoms. The van der Waals surface area contributed by atoms with Crippen LogP contribution in [0.15, 0.2) is 6.07 Å². The average Bonchev–Trinajstić information content (AvgIpc) is 2.54. The Balaban J connectivity index is 1.72. The van der Waals surface area contributed by atoms with Crippen LogP contribution in [0.2, 0.25) is 0 Å². The minimum Gasteiger partial charge on any atom is -0.368 e. The van der Waals surface area contributed by atoms with Crippen LogP contribution in [0.4, 0.5) is 5.82 Å². The molecule has 0 spiro atoms. The summed E-state index contributed by atoms with van der Waals surface area (Å²) in [5, 5.41) is 3.63. The lowest BCUT2D eigenvalue weighted by Crippen LogP contribution is -2.57. The Morgan fingerprint density at radius 3 is 2.55 bits per heavy atom. The fraction of sp³-hybridized carbons (Fsp3) is 0.765. The fourth-order valence-corrected chi connectivity index (χ4v) is 4.82. The smallest absolute Gasteiger partial charge is 0.129 e. The van der Waals surface area contributed by atoms with Gasteiger partial charge in [-0.2, -0.15) is 11.8 Å². The molecule has 1 aliphatic carbocycles. The van der Waals surface area contributed by atoms with Gasteiger partial charge in [0.05, 0.1) is 0 Å². The summed E-state index contributed by atoms with van der Waals surface area (Å²) in [4.78, 5) is 11.7. The first kappa shape index (κ1) is 16.1. The third-order valence-electron chi connectivity index (χ3n) is 5.03. The van der Waals surface area contributed by atoms with Gasteiger partial charge in [-0.25, -0.2) is 9.97 Å². The Labute approximate surface area is 138 Å². The van der Waals surface area contributed by atoms with Gasteiger partial charge in [-0.15, -0.1) is 0 Å². The molecule has 0 radical (unpaired) electrons. The molecule has 1 saturated heterocycles. The van der Waals surface area contributed by atoms with Crippen LogP contribution in [0.5, 0.6) is 0 Å². The molecule has 122 valence electrons. The molecule has 3 rings (SSSR count). The van der Waals surface area contributed by atoms with E-state index in [4.69, 9.17) is 0 Å². The number of aryl methyl sites for hydroxylation is 2. The Morgan fingerprint density at radius 2 is 1.86 bits per heavy atom. The maximum absolute atomic E-state index is 4.55. The predicted octanol–water partition coefficient (Wildman–Crippen LogP) is 3.26. The topological polar surface area (TPSA) is 41.0 Å². The minimum atomic E-state index is 0.339. The second kappa shape index (κ2) is 7.18. The van der Waals surface area contributed by atoms with Crippen molar-refractivity contribution in [3.05, 3.63) is 17.6 Å². The van der Waals surface area contributed by atoms with Gasteiger partial charge in [0.1, 0.15) is 11.6 Å². The SMILES string of the molecule is Cc1cc(NCC2(N3CCSCC3)CCCCC2)nc(C)n1. The van der Waals surface area contributed by atoms with Crippen LogP contribution in [0.3, 0.4) is 0 Å². The molecule has 5 heteroatoms. The highest BCUT2D eigenvalue weighted by atomic mass is 32.2. The molecule has 4 nitrogen and oxygen atoms in total. The average molecular weight is 321 g/mol. The first-order valence-electron chi connectivity index (χ1n) is 8.57. The molecule has 1 aromatic rings. The van der Waals surface area contributed by atoms with Crippen molar-refractivity contribution in [3.63, 3.8) is 0 Å². The lowest BCUT2D eigenvalue weighted by Gasteiger charge is -2.48. The standard InChI is InChI=1S/C17H28N4S/c1-14-12-16(20-15(2)19-14)18-13-17(6-4-3-5-7-17)21-8-10-22-11-9-21/h12H,3-11,13H2,1-2H3,(H,18,19,20). The summed E-state index contributed by atoms with van der Waals surface area (Å²) in [7, 11) is 0. The lowest BCUT2D eigenvalue weighted by molar-refractivity contribution is 0.0706. The van der Waals surface area contributed by atoms with Gasteiger partial charge in [-0.3, -0.25) is 4.90 Å². The summed E-state index contributed by atoms with van der Waals surface area (Å²) in [6, 6.07) is 2.07. The molecule has 1 aromatic heterocycles. The van der Waals surface area contributed by atoms with Gasteiger partial charge in [-0.05, 0) is 26.7 Å². The first-order chi connectivity index (χ1) is 10.7. The molecular formula is C17H28N4S. The van der Waals surface area contributed by atoms with Crippen LogP contribution >= 0.6 is 11.8 Å². The second-order valence-corrected chi connectivity index (χ2v) is 7.90. The Morgan fingerprint density at radius 1 is 1.14 bits per heavy atom. The van der Waals surface area contributed by atoms with Crippen molar-refractivity contribution in [2.24, 2.45) is 0 Å². The molecule has 2 aliphatic rings. The van der Waals surface area contributed by atoms with Crippen LogP contribution in [-0.2, 0) is 0 Å². The van der Waals surface area contributed by atoms with E-state index in [9.17, 15) is 0 Å². The Kier molecular flexibility index (Phi) is 5.24. The van der Waals surface area contributed by atoms with Crippen LogP contribution < -0.4 is 5.32 Å². The molecule has 0 unspecified atom stereocenters. The van der Waals surface area contributed by atoms with Crippen molar-refractivity contribution >= 4 is 17.6 Å². The number of rotatable bonds is 4. The van der Waals surface area contributed by atoms with Crippen LogP contribution in [-0.4, -0.2) is 51.5 Å². The summed E-state index contributed by atoms with van der Waals surface area (Å²) in [5.41, 5.74) is 1.38. The van der Waals surface area contributed by atoms with Crippen LogP contribution in [0.25, 0.3) is 0 Å². The summed E-state index contributed by atoms with van der Waals surface area (Å²) < 4.78 is 0. The van der Waals surface area contributed by atoms with Gasteiger partial charge in [0, 0.05) is 48.4 Å². The molecule has 2 heterocycles. The van der Waals surface area contributed by atoms with E-state index in [-0.39, 0.29) is 0 Å². The van der Waals surface area contributed by atoms with Gasteiger partial charge in [-0.1, -0.05) is 19.3 Å². The van der Waals surface area contributed by atoms with Gasteiger partial charge in [0.2, 0.25) is 0 Å². The van der Waals surface area contributed by atoms with Crippen LogP contribution in [0.1, 0.15) is 43.6 Å². The Hall–Kier alpha value is -0.810. The number of hydrogen-bond acceptors (Lipinski definition) is 5. The van der Waals surface area contributed by atoms with Gasteiger partial charge in [0.25, 0.3) is 0 Å². The summed E-state index contributed by atoms with van der Waals surface area (Å²) in [6.45, 7) is 7.52. The molecule has 1 N–H and O–H groups in total. The largest absolute Gasteiger partial charge is 0.368 e. The van der Waals surface area contributed by atoms with Gasteiger partial charge in [0.15, 0.2) is 0 Å². The van der Waals surface area contributed by atoms with Crippen molar-refractivity contribution in [2.45, 2.75) is 51.5 Å². The van der Waals surface area contributed by atoms with Crippen molar-refractivity contribution in [2.75, 3.05) is 36.5 Å². The number of hydrogen-bond donors (Lipinski definition) is 1. The predicted molar refractivity (Wildman–Crippen MR) is 94.7 cm³/mol. The highest BCUT2D eigenvalue weighted by molar-refractivity contribution is 7.99. The monoisotopic (exact) mass is 320 g/mol. The zero-order chi connectivity index (χ0) is 15.4. The van der Waals surface area contributed by atoms with E-state index in [1.54, 1.807) is 0 Å². The number of thioether (sulfide) groups is 1. The highest BCUT2D eigenvalue weighted by Gasteiger charge is 2.38. The van der Waals surface area contributed by atoms with Gasteiger partial charge >= 0.3 is 0 Å². The normalized spacial score (nSPS) is 22.5. The maximum Gasteiger partial charge on any atom is 0.129 e. The molecule has 22 heavy (non-hydrogen) atoms. The number of aromatic nitrogens is 2. The van der Waals surface area contributed by atoms with Crippen molar-refractivity contribution < 1.29 is 0 Å². The van der Waals surface area contributed by atoms with E-state index in [1.165, 1.54) is 56.7 Å². The Bertz CT molecular complexity index is 473. The zero-order valence-corrected chi connectivity index (χ0v) is 14.7. The summed E-state index contributed by atoms with van der Waals surface area (Å²) in [6.07, 6.45) is 6.79. The van der Waals surface area contributed by atoms with E-state index in [1.807, 2.05) is 13.8 Å². The second-order valence-electron chi connectivity index (χ2n) is 6.68. The zero-order valence-electron chi connectivity index (χ0n) is 13.9. The van der Waals surface area contributed by atoms with Crippen LogP contribution in [0, 0.1) is 13.8 Å². The van der Waals surface area contributed by atoms with E-state index >= 15 is 0 Å². The van der Waals surface area contributed by atoms with Gasteiger partial charge < -0.3 is 5.32 Å². The highest BCUT2D eigenvalue weighted by Crippen LogP contribution is 2.35. The number of nitrogens with one attached hydrogen (secondary N) is 1. The lowest BCUT2D eigenvalue weighted by atomic mass is 9.80. The quantitative estimate of drug-likeness (QED) is 0.922. The van der Waals surface area contributed by atoms with E-state index in [0.29, 0.717) is 5.54 Å². The molecule has 0 aromatic carbocycles. The van der Waals surface area contributed by atoms with E-state index < -0.39 is 0 Å². The number of nitrogens with zero attached hydrogens (tertiary/aromatic N) is 3. The molecule has 1 saturated carbocycles. The summed E-state index contributed by atoms with van der Waals surface area (Å²) in [5.74, 6) is 4.41. The van der Waals surface area contributed by atoms with Crippen molar-refractivity contribution in [3.8, 4) is 0 Å². The maximum atomic E-state index is 4.55. The first-order valence-corrected chi connectivity index (χ1v) is 9.72. The molecule has 0 amide bonds. The fourth-order valence-electron chi connectivity index (χ4n) is 3.91.